The zero-order valence-corrected chi connectivity index (χ0v) is 3.80. The fourth-order valence-corrected chi connectivity index (χ4v) is 0.122. The Balaban J connectivity index is 3.83. The van der Waals surface area contributed by atoms with Crippen molar-refractivity contribution in [2.75, 3.05) is 0 Å². The van der Waals surface area contributed by atoms with Crippen LogP contribution in [0, 0.1) is 0 Å². The van der Waals surface area contributed by atoms with Gasteiger partial charge in [-0.3, -0.25) is 4.79 Å². The van der Waals surface area contributed by atoms with Crippen molar-refractivity contribution in [3.63, 3.8) is 0 Å². The first-order valence-electron chi connectivity index (χ1n) is 1.72. The SMILES string of the molecule is NC(=O)C(F)C(=O)O. The molecule has 8 heavy (non-hydrogen) atoms. The number of primary amides is 1. The standard InChI is InChI=1S/C3H4FNO3/c4-1(2(5)6)3(7)8/h1H,(H2,5,6)(H,7,8). The quantitative estimate of drug-likeness (QED) is 0.455. The molecular formula is C3H4FNO3. The lowest BCUT2D eigenvalue weighted by Gasteiger charge is -1.92. The van der Waals surface area contributed by atoms with E-state index in [1.165, 1.54) is 0 Å². The van der Waals surface area contributed by atoms with E-state index in [1.807, 2.05) is 0 Å². The predicted molar refractivity (Wildman–Crippen MR) is 21.7 cm³/mol. The third-order valence-electron chi connectivity index (χ3n) is 0.467. The lowest BCUT2D eigenvalue weighted by Crippen LogP contribution is -2.31. The van der Waals surface area contributed by atoms with Gasteiger partial charge >= 0.3 is 5.97 Å². The van der Waals surface area contributed by atoms with Crippen LogP contribution >= 0.6 is 0 Å². The zero-order valence-electron chi connectivity index (χ0n) is 3.80. The van der Waals surface area contributed by atoms with Crippen LogP contribution in [0.3, 0.4) is 0 Å². The molecule has 0 saturated heterocycles. The Morgan fingerprint density at radius 2 is 2.00 bits per heavy atom. The van der Waals surface area contributed by atoms with Gasteiger partial charge in [-0.25, -0.2) is 9.18 Å². The molecule has 4 nitrogen and oxygen atoms in total. The Morgan fingerprint density at radius 3 is 2.00 bits per heavy atom. The molecule has 0 radical (unpaired) electrons. The van der Waals surface area contributed by atoms with Crippen LogP contribution in [0.4, 0.5) is 4.39 Å². The molecule has 0 aliphatic rings. The van der Waals surface area contributed by atoms with Crippen molar-refractivity contribution in [1.82, 2.24) is 0 Å². The molecular weight excluding hydrogens is 117 g/mol. The van der Waals surface area contributed by atoms with Crippen molar-refractivity contribution in [1.29, 1.82) is 0 Å². The summed E-state index contributed by atoms with van der Waals surface area (Å²) in [6, 6.07) is 0. The van der Waals surface area contributed by atoms with Crippen LogP contribution in [0.25, 0.3) is 0 Å². The minimum atomic E-state index is -2.57. The molecule has 0 saturated carbocycles. The van der Waals surface area contributed by atoms with Gasteiger partial charge in [0.1, 0.15) is 0 Å². The number of aliphatic carboxylic acids is 1. The summed E-state index contributed by atoms with van der Waals surface area (Å²) in [6.07, 6.45) is -2.57. The van der Waals surface area contributed by atoms with Crippen molar-refractivity contribution in [2.45, 2.75) is 6.17 Å². The molecule has 1 atom stereocenters. The number of hydrogen-bond acceptors (Lipinski definition) is 2. The normalized spacial score (nSPS) is 12.6. The first-order valence-corrected chi connectivity index (χ1v) is 1.72. The number of hydrogen-bond donors (Lipinski definition) is 2. The number of rotatable bonds is 2. The Hall–Kier alpha value is -1.13. The van der Waals surface area contributed by atoms with Crippen LogP contribution in [0.15, 0.2) is 0 Å². The summed E-state index contributed by atoms with van der Waals surface area (Å²) in [5, 5.41) is 7.68. The monoisotopic (exact) mass is 121 g/mol. The fraction of sp³-hybridized carbons (Fsp3) is 0.333. The summed E-state index contributed by atoms with van der Waals surface area (Å²) in [5.74, 6) is -3.32. The highest BCUT2D eigenvalue weighted by atomic mass is 19.1. The summed E-state index contributed by atoms with van der Waals surface area (Å²) >= 11 is 0. The molecule has 1 unspecified atom stereocenters. The minimum absolute atomic E-state index is 1.47. The number of carbonyl (C=O) groups excluding carboxylic acids is 1. The second-order valence-electron chi connectivity index (χ2n) is 1.10. The number of nitrogens with two attached hydrogens (primary N) is 1. The minimum Gasteiger partial charge on any atom is -0.479 e. The number of alkyl halides is 1. The van der Waals surface area contributed by atoms with Gasteiger partial charge in [-0.1, -0.05) is 0 Å². The highest BCUT2D eigenvalue weighted by Crippen LogP contribution is 1.86. The summed E-state index contributed by atoms with van der Waals surface area (Å²) < 4.78 is 11.6. The van der Waals surface area contributed by atoms with Crippen molar-refractivity contribution in [3.05, 3.63) is 0 Å². The van der Waals surface area contributed by atoms with Crippen molar-refractivity contribution in [3.8, 4) is 0 Å². The van der Waals surface area contributed by atoms with E-state index in [2.05, 4.69) is 5.73 Å². The smallest absolute Gasteiger partial charge is 0.348 e. The summed E-state index contributed by atoms with van der Waals surface area (Å²) in [7, 11) is 0. The first-order chi connectivity index (χ1) is 3.55. The van der Waals surface area contributed by atoms with Crippen LogP contribution in [0.5, 0.6) is 0 Å². The van der Waals surface area contributed by atoms with Gasteiger partial charge in [-0.15, -0.1) is 0 Å². The van der Waals surface area contributed by atoms with E-state index in [9.17, 15) is 14.0 Å². The van der Waals surface area contributed by atoms with Crippen molar-refractivity contribution < 1.29 is 19.1 Å². The van der Waals surface area contributed by atoms with Crippen LogP contribution in [-0.4, -0.2) is 23.2 Å². The molecule has 0 bridgehead atoms. The Labute approximate surface area is 44.1 Å². The fourth-order valence-electron chi connectivity index (χ4n) is 0.122. The topological polar surface area (TPSA) is 80.4 Å². The number of halogens is 1. The van der Waals surface area contributed by atoms with E-state index in [1.54, 1.807) is 0 Å². The molecule has 0 spiro atoms. The number of carboxylic acids is 1. The Kier molecular flexibility index (Phi) is 1.93. The van der Waals surface area contributed by atoms with E-state index in [0.29, 0.717) is 0 Å². The zero-order chi connectivity index (χ0) is 6.73. The maximum atomic E-state index is 11.6. The first kappa shape index (κ1) is 6.87. The summed E-state index contributed by atoms with van der Waals surface area (Å²) in [4.78, 5) is 19.1. The highest BCUT2D eigenvalue weighted by Gasteiger charge is 2.21. The lowest BCUT2D eigenvalue weighted by atomic mass is 10.4. The third kappa shape index (κ3) is 1.55. The summed E-state index contributed by atoms with van der Waals surface area (Å²) in [6.45, 7) is 0. The highest BCUT2D eigenvalue weighted by molar-refractivity contribution is 5.98. The van der Waals surface area contributed by atoms with Gasteiger partial charge in [0.25, 0.3) is 12.1 Å². The van der Waals surface area contributed by atoms with Gasteiger partial charge in [-0.2, -0.15) is 0 Å². The van der Waals surface area contributed by atoms with Gasteiger partial charge in [0.15, 0.2) is 0 Å². The molecule has 0 aromatic rings. The number of carboxylic acid groups (broad SMARTS) is 1. The second-order valence-corrected chi connectivity index (χ2v) is 1.10. The van der Waals surface area contributed by atoms with Gasteiger partial charge in [-0.05, 0) is 0 Å². The van der Waals surface area contributed by atoms with Crippen LogP contribution in [-0.2, 0) is 9.59 Å². The molecule has 0 fully saturated rings. The molecule has 0 aliphatic carbocycles. The maximum absolute atomic E-state index is 11.6. The third-order valence-corrected chi connectivity index (χ3v) is 0.467. The maximum Gasteiger partial charge on any atom is 0.348 e. The molecule has 0 aromatic heterocycles. The van der Waals surface area contributed by atoms with E-state index in [4.69, 9.17) is 5.11 Å². The van der Waals surface area contributed by atoms with E-state index in [-0.39, 0.29) is 0 Å². The van der Waals surface area contributed by atoms with Gasteiger partial charge in [0, 0.05) is 0 Å². The van der Waals surface area contributed by atoms with Crippen molar-refractivity contribution >= 4 is 11.9 Å². The van der Waals surface area contributed by atoms with Gasteiger partial charge < -0.3 is 10.8 Å². The predicted octanol–water partition coefficient (Wildman–Crippen LogP) is -1.11. The Morgan fingerprint density at radius 1 is 1.62 bits per heavy atom. The van der Waals surface area contributed by atoms with Crippen LogP contribution < -0.4 is 5.73 Å². The summed E-state index contributed by atoms with van der Waals surface area (Å²) in [5.41, 5.74) is 4.24. The molecule has 46 valence electrons. The molecule has 0 rings (SSSR count). The number of carbonyl (C=O) groups is 2. The van der Waals surface area contributed by atoms with Crippen LogP contribution in [0.2, 0.25) is 0 Å². The van der Waals surface area contributed by atoms with Crippen LogP contribution in [0.1, 0.15) is 0 Å². The molecule has 1 amide bonds. The molecule has 0 aliphatic heterocycles. The largest absolute Gasteiger partial charge is 0.479 e. The number of amides is 1. The van der Waals surface area contributed by atoms with Gasteiger partial charge in [0.05, 0.1) is 0 Å². The average Bonchev–Trinajstić information content (AvgIpc) is 1.64. The lowest BCUT2D eigenvalue weighted by molar-refractivity contribution is -0.147. The molecule has 3 N–H and O–H groups in total. The second kappa shape index (κ2) is 2.25. The van der Waals surface area contributed by atoms with Gasteiger partial charge in [0.2, 0.25) is 0 Å². The van der Waals surface area contributed by atoms with E-state index in [0.717, 1.165) is 0 Å². The Bertz CT molecular complexity index is 110. The molecule has 0 aromatic carbocycles. The molecule has 5 heteroatoms. The van der Waals surface area contributed by atoms with E-state index < -0.39 is 18.0 Å². The van der Waals surface area contributed by atoms with Crippen molar-refractivity contribution in [2.24, 2.45) is 5.73 Å². The van der Waals surface area contributed by atoms with E-state index >= 15 is 0 Å². The average molecular weight is 121 g/mol. The molecule has 0 heterocycles.